The molecule has 1 aliphatic carbocycles. The first-order valence-electron chi connectivity index (χ1n) is 12.3. The van der Waals surface area contributed by atoms with Crippen molar-refractivity contribution in [3.63, 3.8) is 0 Å². The molecule has 0 bridgehead atoms. The largest absolute Gasteiger partial charge is 0.493 e. The lowest BCUT2D eigenvalue weighted by atomic mass is 10.0. The number of piperazine rings is 1. The van der Waals surface area contributed by atoms with Crippen molar-refractivity contribution in [2.45, 2.75) is 38.1 Å². The number of methoxy groups -OCH3 is 1. The van der Waals surface area contributed by atoms with Gasteiger partial charge in [0.05, 0.1) is 18.2 Å². The van der Waals surface area contributed by atoms with Crippen molar-refractivity contribution in [1.82, 2.24) is 14.8 Å². The summed E-state index contributed by atoms with van der Waals surface area (Å²) in [7, 11) is 1.54. The lowest BCUT2D eigenvalue weighted by molar-refractivity contribution is -0.137. The maximum Gasteiger partial charge on any atom is 0.417 e. The van der Waals surface area contributed by atoms with E-state index in [0.29, 0.717) is 36.5 Å². The van der Waals surface area contributed by atoms with E-state index in [1.165, 1.54) is 4.90 Å². The van der Waals surface area contributed by atoms with Gasteiger partial charge in [0, 0.05) is 31.4 Å². The molecule has 0 unspecified atom stereocenters. The van der Waals surface area contributed by atoms with E-state index in [1.54, 1.807) is 24.1 Å². The molecular formula is C28H28F3N3O4. The van der Waals surface area contributed by atoms with Gasteiger partial charge in [-0.3, -0.25) is 9.59 Å². The molecule has 200 valence electrons. The molecule has 0 atom stereocenters. The molecule has 1 saturated carbocycles. The molecule has 1 N–H and O–H groups in total. The van der Waals surface area contributed by atoms with E-state index < -0.39 is 23.2 Å². The number of halogens is 3. The SMILES string of the molecule is COc1cc(C)c(C(=O)N2CCN(C(=O)c3cc(C(F)(F)F)c[nH]3)CC23CC3)cc1OCc1ccccc1. The van der Waals surface area contributed by atoms with Gasteiger partial charge in [-0.25, -0.2) is 0 Å². The fourth-order valence-corrected chi connectivity index (χ4v) is 4.94. The lowest BCUT2D eigenvalue weighted by Gasteiger charge is -2.42. The van der Waals surface area contributed by atoms with Crippen LogP contribution >= 0.6 is 0 Å². The minimum atomic E-state index is -4.53. The highest BCUT2D eigenvalue weighted by atomic mass is 19.4. The quantitative estimate of drug-likeness (QED) is 0.486. The summed E-state index contributed by atoms with van der Waals surface area (Å²) >= 11 is 0. The van der Waals surface area contributed by atoms with Crippen molar-refractivity contribution in [2.24, 2.45) is 0 Å². The number of nitrogens with one attached hydrogen (secondary N) is 1. The molecule has 2 aliphatic rings. The number of carbonyl (C=O) groups is 2. The molecule has 2 aromatic carbocycles. The number of ether oxygens (including phenoxy) is 2. The van der Waals surface area contributed by atoms with E-state index in [1.807, 2.05) is 37.3 Å². The van der Waals surface area contributed by atoms with Crippen LogP contribution < -0.4 is 9.47 Å². The van der Waals surface area contributed by atoms with E-state index >= 15 is 0 Å². The van der Waals surface area contributed by atoms with E-state index in [9.17, 15) is 22.8 Å². The number of aryl methyl sites for hydroxylation is 1. The molecule has 10 heteroatoms. The second-order valence-corrected chi connectivity index (χ2v) is 9.80. The minimum absolute atomic E-state index is 0.112. The number of hydrogen-bond donors (Lipinski definition) is 1. The van der Waals surface area contributed by atoms with Crippen molar-refractivity contribution in [2.75, 3.05) is 26.7 Å². The molecule has 2 fully saturated rings. The van der Waals surface area contributed by atoms with Crippen LogP contribution in [0.15, 0.2) is 54.7 Å². The van der Waals surface area contributed by atoms with E-state index in [0.717, 1.165) is 23.4 Å². The number of carbonyl (C=O) groups excluding carboxylic acids is 2. The number of benzene rings is 2. The fraction of sp³-hybridized carbons (Fsp3) is 0.357. The molecule has 1 saturated heterocycles. The van der Waals surface area contributed by atoms with Gasteiger partial charge in [-0.05, 0) is 49.1 Å². The third-order valence-electron chi connectivity index (χ3n) is 7.23. The van der Waals surface area contributed by atoms with E-state index in [-0.39, 0.29) is 31.2 Å². The Hall–Kier alpha value is -3.95. The summed E-state index contributed by atoms with van der Waals surface area (Å²) in [6.07, 6.45) is -2.30. The van der Waals surface area contributed by atoms with Crippen LogP contribution in [-0.2, 0) is 12.8 Å². The molecular weight excluding hydrogens is 499 g/mol. The average Bonchev–Trinajstić information content (AvgIpc) is 3.46. The molecule has 1 spiro atoms. The summed E-state index contributed by atoms with van der Waals surface area (Å²) in [5.74, 6) is 0.307. The Balaban J connectivity index is 1.33. The number of H-pyrrole nitrogens is 1. The number of rotatable bonds is 6. The molecule has 2 amide bonds. The second kappa shape index (κ2) is 9.74. The lowest BCUT2D eigenvalue weighted by Crippen LogP contribution is -2.58. The highest BCUT2D eigenvalue weighted by Gasteiger charge is 2.54. The van der Waals surface area contributed by atoms with Crippen molar-refractivity contribution < 1.29 is 32.2 Å². The van der Waals surface area contributed by atoms with Gasteiger partial charge in [0.15, 0.2) is 11.5 Å². The van der Waals surface area contributed by atoms with Gasteiger partial charge < -0.3 is 24.3 Å². The molecule has 5 rings (SSSR count). The average molecular weight is 528 g/mol. The first-order chi connectivity index (χ1) is 18.1. The molecule has 1 aromatic heterocycles. The third-order valence-corrected chi connectivity index (χ3v) is 7.23. The van der Waals surface area contributed by atoms with E-state index in [4.69, 9.17) is 9.47 Å². The Bertz CT molecular complexity index is 1350. The van der Waals surface area contributed by atoms with Crippen LogP contribution in [0.25, 0.3) is 0 Å². The van der Waals surface area contributed by atoms with Gasteiger partial charge >= 0.3 is 6.18 Å². The monoisotopic (exact) mass is 527 g/mol. The highest BCUT2D eigenvalue weighted by molar-refractivity contribution is 5.98. The zero-order valence-corrected chi connectivity index (χ0v) is 21.1. The number of aromatic nitrogens is 1. The molecule has 0 radical (unpaired) electrons. The van der Waals surface area contributed by atoms with Crippen LogP contribution in [0.3, 0.4) is 0 Å². The van der Waals surface area contributed by atoms with Gasteiger partial charge in [-0.2, -0.15) is 13.2 Å². The van der Waals surface area contributed by atoms with Crippen molar-refractivity contribution in [1.29, 1.82) is 0 Å². The van der Waals surface area contributed by atoms with Crippen LogP contribution in [0.2, 0.25) is 0 Å². The van der Waals surface area contributed by atoms with Crippen LogP contribution in [0, 0.1) is 6.92 Å². The van der Waals surface area contributed by atoms with Crippen molar-refractivity contribution in [3.05, 3.63) is 82.7 Å². The van der Waals surface area contributed by atoms with Crippen LogP contribution in [0.4, 0.5) is 13.2 Å². The molecule has 7 nitrogen and oxygen atoms in total. The number of aromatic amines is 1. The predicted octanol–water partition coefficient (Wildman–Crippen LogP) is 5.06. The highest BCUT2D eigenvalue weighted by Crippen LogP contribution is 2.46. The predicted molar refractivity (Wildman–Crippen MR) is 133 cm³/mol. The van der Waals surface area contributed by atoms with E-state index in [2.05, 4.69) is 4.98 Å². The van der Waals surface area contributed by atoms with Crippen molar-refractivity contribution in [3.8, 4) is 11.5 Å². The zero-order chi connectivity index (χ0) is 27.1. The van der Waals surface area contributed by atoms with Gasteiger partial charge in [0.25, 0.3) is 11.8 Å². The minimum Gasteiger partial charge on any atom is -0.493 e. The topological polar surface area (TPSA) is 74.9 Å². The molecule has 3 aromatic rings. The Kier molecular flexibility index (Phi) is 6.58. The summed E-state index contributed by atoms with van der Waals surface area (Å²) in [4.78, 5) is 32.5. The van der Waals surface area contributed by atoms with Gasteiger partial charge in [0.2, 0.25) is 0 Å². The zero-order valence-electron chi connectivity index (χ0n) is 21.1. The van der Waals surface area contributed by atoms with Gasteiger partial charge in [0.1, 0.15) is 12.3 Å². The van der Waals surface area contributed by atoms with Gasteiger partial charge in [-0.1, -0.05) is 30.3 Å². The first-order valence-corrected chi connectivity index (χ1v) is 12.3. The summed E-state index contributed by atoms with van der Waals surface area (Å²) < 4.78 is 50.4. The Labute approximate surface area is 218 Å². The number of amides is 2. The fourth-order valence-electron chi connectivity index (χ4n) is 4.94. The number of nitrogens with zero attached hydrogens (tertiary/aromatic N) is 2. The Morgan fingerprint density at radius 1 is 1.03 bits per heavy atom. The maximum absolute atomic E-state index is 13.8. The third kappa shape index (κ3) is 4.94. The summed E-state index contributed by atoms with van der Waals surface area (Å²) in [5, 5.41) is 0. The molecule has 1 aliphatic heterocycles. The second-order valence-electron chi connectivity index (χ2n) is 9.80. The Morgan fingerprint density at radius 2 is 1.76 bits per heavy atom. The summed E-state index contributed by atoms with van der Waals surface area (Å²) in [6, 6.07) is 14.0. The normalized spacial score (nSPS) is 16.4. The Morgan fingerprint density at radius 3 is 2.39 bits per heavy atom. The first kappa shape index (κ1) is 25.7. The summed E-state index contributed by atoms with van der Waals surface area (Å²) in [5.41, 5.74) is 0.667. The van der Waals surface area contributed by atoms with Crippen LogP contribution in [0.5, 0.6) is 11.5 Å². The van der Waals surface area contributed by atoms with Crippen LogP contribution in [-0.4, -0.2) is 58.9 Å². The van der Waals surface area contributed by atoms with Crippen LogP contribution in [0.1, 0.15) is 50.4 Å². The maximum atomic E-state index is 13.8. The van der Waals surface area contributed by atoms with Crippen molar-refractivity contribution >= 4 is 11.8 Å². The smallest absolute Gasteiger partial charge is 0.417 e. The number of hydrogen-bond acceptors (Lipinski definition) is 4. The summed E-state index contributed by atoms with van der Waals surface area (Å²) in [6.45, 7) is 2.92. The van der Waals surface area contributed by atoms with Gasteiger partial charge in [-0.15, -0.1) is 0 Å². The number of alkyl halides is 3. The molecule has 38 heavy (non-hydrogen) atoms. The molecule has 2 heterocycles. The standard InChI is InChI=1S/C28H28F3N3O4/c1-18-12-23(37-2)24(38-16-19-6-4-3-5-7-19)14-21(18)25(35)34-11-10-33(17-27(34)8-9-27)26(36)22-13-20(15-32-22)28(29,30)31/h3-7,12-15,32H,8-11,16-17H2,1-2H3.